The molecule has 2 rings (SSSR count). The fraction of sp³-hybridized carbons (Fsp3) is 0.333. The van der Waals surface area contributed by atoms with Crippen LogP contribution in [0.4, 0.5) is 5.82 Å². The molecule has 1 aromatic carbocycles. The molecule has 0 fully saturated rings. The van der Waals surface area contributed by atoms with Crippen molar-refractivity contribution in [3.8, 4) is 0 Å². The zero-order valence-corrected chi connectivity index (χ0v) is 13.7. The van der Waals surface area contributed by atoms with Gasteiger partial charge in [0.05, 0.1) is 10.6 Å². The number of aryl methyl sites for hydroxylation is 3. The van der Waals surface area contributed by atoms with Crippen LogP contribution >= 0.6 is 0 Å². The Morgan fingerprint density at radius 3 is 2.36 bits per heavy atom. The lowest BCUT2D eigenvalue weighted by Crippen LogP contribution is -2.29. The first kappa shape index (κ1) is 16.4. The lowest BCUT2D eigenvalue weighted by molar-refractivity contribution is 0.582. The standard InChI is InChI=1S/C15H20N4O2S/c1-11-4-6-14(10-12(11)2)22(20,21)17-9-8-16-15-7-5-13(3)18-19-15/h4-7,10,17H,8-9H2,1-3H3,(H,16,19). The summed E-state index contributed by atoms with van der Waals surface area (Å²) in [6, 6.07) is 8.75. The molecule has 0 saturated carbocycles. The number of anilines is 1. The number of sulfonamides is 1. The molecule has 2 aromatic rings. The van der Waals surface area contributed by atoms with Gasteiger partial charge < -0.3 is 5.32 Å². The van der Waals surface area contributed by atoms with Crippen LogP contribution in [0.1, 0.15) is 16.8 Å². The number of hydrogen-bond acceptors (Lipinski definition) is 5. The second-order valence-corrected chi connectivity index (χ2v) is 6.90. The third-order valence-corrected chi connectivity index (χ3v) is 4.77. The smallest absolute Gasteiger partial charge is 0.240 e. The highest BCUT2D eigenvalue weighted by molar-refractivity contribution is 7.89. The highest BCUT2D eigenvalue weighted by Crippen LogP contribution is 2.14. The molecule has 0 radical (unpaired) electrons. The van der Waals surface area contributed by atoms with Gasteiger partial charge in [-0.05, 0) is 56.2 Å². The van der Waals surface area contributed by atoms with E-state index in [4.69, 9.17) is 0 Å². The number of rotatable bonds is 6. The van der Waals surface area contributed by atoms with Crippen molar-refractivity contribution < 1.29 is 8.42 Å². The van der Waals surface area contributed by atoms with E-state index in [-0.39, 0.29) is 11.4 Å². The van der Waals surface area contributed by atoms with E-state index in [1.54, 1.807) is 18.2 Å². The monoisotopic (exact) mass is 320 g/mol. The Labute approximate surface area is 131 Å². The second-order valence-electron chi connectivity index (χ2n) is 5.13. The van der Waals surface area contributed by atoms with Crippen molar-refractivity contribution in [1.29, 1.82) is 0 Å². The van der Waals surface area contributed by atoms with Gasteiger partial charge in [-0.25, -0.2) is 13.1 Å². The molecule has 22 heavy (non-hydrogen) atoms. The summed E-state index contributed by atoms with van der Waals surface area (Å²) in [5.74, 6) is 0.621. The Hall–Kier alpha value is -1.99. The zero-order chi connectivity index (χ0) is 16.2. The summed E-state index contributed by atoms with van der Waals surface area (Å²) >= 11 is 0. The van der Waals surface area contributed by atoms with Crippen LogP contribution < -0.4 is 10.0 Å². The maximum atomic E-state index is 12.2. The summed E-state index contributed by atoms with van der Waals surface area (Å²) in [6.45, 7) is 6.40. The van der Waals surface area contributed by atoms with E-state index in [2.05, 4.69) is 20.2 Å². The van der Waals surface area contributed by atoms with Crippen LogP contribution in [-0.4, -0.2) is 31.7 Å². The molecule has 6 nitrogen and oxygen atoms in total. The molecule has 0 spiro atoms. The molecule has 0 saturated heterocycles. The van der Waals surface area contributed by atoms with Crippen molar-refractivity contribution in [1.82, 2.24) is 14.9 Å². The van der Waals surface area contributed by atoms with Gasteiger partial charge in [0.25, 0.3) is 0 Å². The van der Waals surface area contributed by atoms with Crippen LogP contribution in [0, 0.1) is 20.8 Å². The molecular formula is C15H20N4O2S. The van der Waals surface area contributed by atoms with Gasteiger partial charge in [-0.2, -0.15) is 5.10 Å². The molecule has 0 unspecified atom stereocenters. The number of nitrogens with zero attached hydrogens (tertiary/aromatic N) is 2. The highest BCUT2D eigenvalue weighted by Gasteiger charge is 2.13. The summed E-state index contributed by atoms with van der Waals surface area (Å²) < 4.78 is 26.9. The quantitative estimate of drug-likeness (QED) is 0.793. The molecule has 0 amide bonds. The molecule has 7 heteroatoms. The normalized spacial score (nSPS) is 11.4. The van der Waals surface area contributed by atoms with Crippen LogP contribution in [0.2, 0.25) is 0 Å². The third kappa shape index (κ3) is 4.25. The number of hydrogen-bond donors (Lipinski definition) is 2. The van der Waals surface area contributed by atoms with Crippen molar-refractivity contribution in [2.45, 2.75) is 25.7 Å². The minimum atomic E-state index is -3.49. The van der Waals surface area contributed by atoms with Gasteiger partial charge in [0.2, 0.25) is 10.0 Å². The van der Waals surface area contributed by atoms with Gasteiger partial charge in [-0.3, -0.25) is 0 Å². The minimum absolute atomic E-state index is 0.269. The van der Waals surface area contributed by atoms with Crippen LogP contribution in [0.25, 0.3) is 0 Å². The first-order chi connectivity index (χ1) is 10.4. The lowest BCUT2D eigenvalue weighted by Gasteiger charge is -2.09. The first-order valence-electron chi connectivity index (χ1n) is 6.99. The maximum Gasteiger partial charge on any atom is 0.240 e. The van der Waals surface area contributed by atoms with Crippen LogP contribution in [0.15, 0.2) is 35.2 Å². The van der Waals surface area contributed by atoms with Gasteiger partial charge in [0.1, 0.15) is 5.82 Å². The summed E-state index contributed by atoms with van der Waals surface area (Å²) in [5.41, 5.74) is 2.86. The molecule has 118 valence electrons. The Bertz CT molecular complexity index is 743. The summed E-state index contributed by atoms with van der Waals surface area (Å²) in [6.07, 6.45) is 0. The van der Waals surface area contributed by atoms with Gasteiger partial charge in [0.15, 0.2) is 0 Å². The maximum absolute atomic E-state index is 12.2. The largest absolute Gasteiger partial charge is 0.367 e. The fourth-order valence-electron chi connectivity index (χ4n) is 1.83. The average Bonchev–Trinajstić information content (AvgIpc) is 2.48. The molecular weight excluding hydrogens is 300 g/mol. The van der Waals surface area contributed by atoms with E-state index >= 15 is 0 Å². The summed E-state index contributed by atoms with van der Waals surface area (Å²) in [5, 5.41) is 10.9. The van der Waals surface area contributed by atoms with Crippen molar-refractivity contribution >= 4 is 15.8 Å². The Balaban J connectivity index is 1.89. The van der Waals surface area contributed by atoms with Gasteiger partial charge in [-0.15, -0.1) is 5.10 Å². The van der Waals surface area contributed by atoms with Crippen molar-refractivity contribution in [2.75, 3.05) is 18.4 Å². The van der Waals surface area contributed by atoms with Crippen LogP contribution in [0.3, 0.4) is 0 Å². The number of aromatic nitrogens is 2. The topological polar surface area (TPSA) is 84.0 Å². The van der Waals surface area contributed by atoms with E-state index in [9.17, 15) is 8.42 Å². The lowest BCUT2D eigenvalue weighted by atomic mass is 10.1. The van der Waals surface area contributed by atoms with E-state index in [1.807, 2.05) is 32.9 Å². The van der Waals surface area contributed by atoms with Crippen LogP contribution in [0.5, 0.6) is 0 Å². The zero-order valence-electron chi connectivity index (χ0n) is 12.9. The van der Waals surface area contributed by atoms with Crippen molar-refractivity contribution in [2.24, 2.45) is 0 Å². The SMILES string of the molecule is Cc1ccc(NCCNS(=O)(=O)c2ccc(C)c(C)c2)nn1. The predicted molar refractivity (Wildman–Crippen MR) is 86.4 cm³/mol. The molecule has 0 atom stereocenters. The third-order valence-electron chi connectivity index (χ3n) is 3.31. The molecule has 2 N–H and O–H groups in total. The minimum Gasteiger partial charge on any atom is -0.367 e. The predicted octanol–water partition coefficient (Wildman–Crippen LogP) is 1.79. The van der Waals surface area contributed by atoms with Crippen LogP contribution in [-0.2, 0) is 10.0 Å². The molecule has 0 aliphatic carbocycles. The van der Waals surface area contributed by atoms with Gasteiger partial charge in [-0.1, -0.05) is 6.07 Å². The Kier molecular flexibility index (Phi) is 5.10. The second kappa shape index (κ2) is 6.85. The van der Waals surface area contributed by atoms with E-state index in [1.165, 1.54) is 0 Å². The molecule has 1 aromatic heterocycles. The van der Waals surface area contributed by atoms with Crippen molar-refractivity contribution in [3.05, 3.63) is 47.2 Å². The molecule has 0 aliphatic heterocycles. The molecule has 1 heterocycles. The first-order valence-corrected chi connectivity index (χ1v) is 8.48. The number of nitrogens with one attached hydrogen (secondary N) is 2. The van der Waals surface area contributed by atoms with E-state index in [0.717, 1.165) is 16.8 Å². The van der Waals surface area contributed by atoms with E-state index < -0.39 is 10.0 Å². The van der Waals surface area contributed by atoms with Gasteiger partial charge in [0, 0.05) is 13.1 Å². The van der Waals surface area contributed by atoms with Gasteiger partial charge >= 0.3 is 0 Å². The fourth-order valence-corrected chi connectivity index (χ4v) is 2.95. The Morgan fingerprint density at radius 1 is 0.955 bits per heavy atom. The molecule has 0 bridgehead atoms. The summed E-state index contributed by atoms with van der Waals surface area (Å²) in [4.78, 5) is 0.283. The highest BCUT2D eigenvalue weighted by atomic mass is 32.2. The molecule has 0 aliphatic rings. The average molecular weight is 320 g/mol. The number of benzene rings is 1. The Morgan fingerprint density at radius 2 is 1.73 bits per heavy atom. The van der Waals surface area contributed by atoms with Crippen molar-refractivity contribution in [3.63, 3.8) is 0 Å². The van der Waals surface area contributed by atoms with E-state index in [0.29, 0.717) is 12.4 Å². The summed E-state index contributed by atoms with van der Waals surface area (Å²) in [7, 11) is -3.49.